The fourth-order valence-corrected chi connectivity index (χ4v) is 2.58. The molecule has 1 atom stereocenters. The Labute approximate surface area is 136 Å². The number of carbonyl (C=O) groups excluding carboxylic acids is 1. The smallest absolute Gasteiger partial charge is 0.224 e. The summed E-state index contributed by atoms with van der Waals surface area (Å²) in [6, 6.07) is 13.2. The van der Waals surface area contributed by atoms with E-state index in [0.29, 0.717) is 5.02 Å². The number of aryl methyl sites for hydroxylation is 1. The Balaban J connectivity index is 2.09. The molecule has 1 N–H and O–H groups in total. The van der Waals surface area contributed by atoms with Gasteiger partial charge in [-0.1, -0.05) is 47.5 Å². The van der Waals surface area contributed by atoms with Crippen LogP contribution in [0.2, 0.25) is 5.02 Å². The SMILES string of the molecule is COc1ccc(C)cc1[C@@H](C)NC(=O)Cc1ccccc1Cl. The van der Waals surface area contributed by atoms with E-state index in [1.165, 1.54) is 0 Å². The van der Waals surface area contributed by atoms with E-state index >= 15 is 0 Å². The number of methoxy groups -OCH3 is 1. The minimum atomic E-state index is -0.134. The van der Waals surface area contributed by atoms with Crippen LogP contribution in [0, 0.1) is 6.92 Å². The molecule has 0 aliphatic carbocycles. The van der Waals surface area contributed by atoms with E-state index in [0.717, 1.165) is 22.4 Å². The third kappa shape index (κ3) is 4.01. The van der Waals surface area contributed by atoms with E-state index in [2.05, 4.69) is 5.32 Å². The lowest BCUT2D eigenvalue weighted by molar-refractivity contribution is -0.121. The second kappa shape index (κ2) is 7.32. The molecule has 0 radical (unpaired) electrons. The molecular formula is C18H20ClNO2. The molecule has 1 amide bonds. The molecule has 2 aromatic carbocycles. The molecule has 4 heteroatoms. The number of hydrogen-bond acceptors (Lipinski definition) is 2. The highest BCUT2D eigenvalue weighted by molar-refractivity contribution is 6.31. The first-order chi connectivity index (χ1) is 10.5. The molecule has 0 bridgehead atoms. The zero-order chi connectivity index (χ0) is 16.1. The van der Waals surface area contributed by atoms with E-state index in [1.54, 1.807) is 13.2 Å². The molecule has 2 aromatic rings. The molecule has 0 unspecified atom stereocenters. The number of amides is 1. The zero-order valence-corrected chi connectivity index (χ0v) is 13.8. The number of benzene rings is 2. The highest BCUT2D eigenvalue weighted by Crippen LogP contribution is 2.26. The Bertz CT molecular complexity index is 670. The van der Waals surface area contributed by atoms with Crippen molar-refractivity contribution in [2.24, 2.45) is 0 Å². The van der Waals surface area contributed by atoms with Crippen LogP contribution >= 0.6 is 11.6 Å². The third-order valence-electron chi connectivity index (χ3n) is 3.54. The largest absolute Gasteiger partial charge is 0.496 e. The van der Waals surface area contributed by atoms with E-state index in [4.69, 9.17) is 16.3 Å². The van der Waals surface area contributed by atoms with Gasteiger partial charge in [0, 0.05) is 10.6 Å². The molecule has 116 valence electrons. The molecule has 2 rings (SSSR count). The van der Waals surface area contributed by atoms with Gasteiger partial charge in [-0.3, -0.25) is 4.79 Å². The number of rotatable bonds is 5. The minimum Gasteiger partial charge on any atom is -0.496 e. The van der Waals surface area contributed by atoms with Gasteiger partial charge in [-0.25, -0.2) is 0 Å². The first-order valence-electron chi connectivity index (χ1n) is 7.18. The molecule has 0 heterocycles. The summed E-state index contributed by atoms with van der Waals surface area (Å²) in [5.74, 6) is 0.709. The Kier molecular flexibility index (Phi) is 5.45. The maximum absolute atomic E-state index is 12.2. The summed E-state index contributed by atoms with van der Waals surface area (Å²) in [5, 5.41) is 3.61. The van der Waals surface area contributed by atoms with Gasteiger partial charge in [0.25, 0.3) is 0 Å². The molecule has 0 aliphatic rings. The number of ether oxygens (including phenoxy) is 1. The summed E-state index contributed by atoms with van der Waals surface area (Å²) in [5.41, 5.74) is 2.92. The van der Waals surface area contributed by atoms with Crippen molar-refractivity contribution in [2.45, 2.75) is 26.3 Å². The first-order valence-corrected chi connectivity index (χ1v) is 7.56. The monoisotopic (exact) mass is 317 g/mol. The lowest BCUT2D eigenvalue weighted by Gasteiger charge is -2.18. The van der Waals surface area contributed by atoms with Crippen LogP contribution in [-0.2, 0) is 11.2 Å². The number of halogens is 1. The highest BCUT2D eigenvalue weighted by atomic mass is 35.5. The van der Waals surface area contributed by atoms with Gasteiger partial charge in [0.15, 0.2) is 0 Å². The molecule has 0 saturated heterocycles. The van der Waals surface area contributed by atoms with Crippen LogP contribution in [0.15, 0.2) is 42.5 Å². The first kappa shape index (κ1) is 16.4. The van der Waals surface area contributed by atoms with Gasteiger partial charge in [-0.15, -0.1) is 0 Å². The fourth-order valence-electron chi connectivity index (χ4n) is 2.38. The van der Waals surface area contributed by atoms with E-state index in [-0.39, 0.29) is 18.4 Å². The number of nitrogens with one attached hydrogen (secondary N) is 1. The van der Waals surface area contributed by atoms with Crippen molar-refractivity contribution in [2.75, 3.05) is 7.11 Å². The van der Waals surface area contributed by atoms with Crippen LogP contribution in [0.4, 0.5) is 0 Å². The Morgan fingerprint density at radius 3 is 2.68 bits per heavy atom. The van der Waals surface area contributed by atoms with Crippen molar-refractivity contribution >= 4 is 17.5 Å². The van der Waals surface area contributed by atoms with Gasteiger partial charge in [-0.2, -0.15) is 0 Å². The zero-order valence-electron chi connectivity index (χ0n) is 13.0. The standard InChI is InChI=1S/C18H20ClNO2/c1-12-8-9-17(22-3)15(10-12)13(2)20-18(21)11-14-6-4-5-7-16(14)19/h4-10,13H,11H2,1-3H3,(H,20,21)/t13-/m1/s1. The van der Waals surface area contributed by atoms with Crippen molar-refractivity contribution in [1.29, 1.82) is 0 Å². The Morgan fingerprint density at radius 1 is 1.27 bits per heavy atom. The van der Waals surface area contributed by atoms with Gasteiger partial charge >= 0.3 is 0 Å². The second-order valence-corrected chi connectivity index (χ2v) is 5.71. The predicted octanol–water partition coefficient (Wildman–Crippen LogP) is 4.08. The second-order valence-electron chi connectivity index (χ2n) is 5.30. The van der Waals surface area contributed by atoms with Crippen LogP contribution in [0.25, 0.3) is 0 Å². The summed E-state index contributed by atoms with van der Waals surface area (Å²) in [6.45, 7) is 3.96. The third-order valence-corrected chi connectivity index (χ3v) is 3.91. The lowest BCUT2D eigenvalue weighted by Crippen LogP contribution is -2.28. The van der Waals surface area contributed by atoms with Gasteiger partial charge in [-0.05, 0) is 31.5 Å². The highest BCUT2D eigenvalue weighted by Gasteiger charge is 2.15. The summed E-state index contributed by atoms with van der Waals surface area (Å²) in [6.07, 6.45) is 0.262. The summed E-state index contributed by atoms with van der Waals surface area (Å²) in [4.78, 5) is 12.2. The van der Waals surface area contributed by atoms with Crippen molar-refractivity contribution in [3.05, 3.63) is 64.2 Å². The van der Waals surface area contributed by atoms with Crippen molar-refractivity contribution in [1.82, 2.24) is 5.32 Å². The predicted molar refractivity (Wildman–Crippen MR) is 89.4 cm³/mol. The van der Waals surface area contributed by atoms with Crippen molar-refractivity contribution in [3.8, 4) is 5.75 Å². The van der Waals surface area contributed by atoms with Gasteiger partial charge in [0.05, 0.1) is 19.6 Å². The molecule has 22 heavy (non-hydrogen) atoms. The molecule has 3 nitrogen and oxygen atoms in total. The summed E-state index contributed by atoms with van der Waals surface area (Å²) in [7, 11) is 1.63. The van der Waals surface area contributed by atoms with Gasteiger partial charge in [0.2, 0.25) is 5.91 Å². The minimum absolute atomic E-state index is 0.0656. The summed E-state index contributed by atoms with van der Waals surface area (Å²) >= 11 is 6.09. The molecule has 0 saturated carbocycles. The van der Waals surface area contributed by atoms with E-state index in [9.17, 15) is 4.79 Å². The van der Waals surface area contributed by atoms with Crippen LogP contribution < -0.4 is 10.1 Å². The topological polar surface area (TPSA) is 38.3 Å². The molecule has 0 fully saturated rings. The van der Waals surface area contributed by atoms with Crippen molar-refractivity contribution < 1.29 is 9.53 Å². The van der Waals surface area contributed by atoms with E-state index in [1.807, 2.05) is 50.2 Å². The molecule has 0 aromatic heterocycles. The van der Waals surface area contributed by atoms with Crippen LogP contribution in [-0.4, -0.2) is 13.0 Å². The van der Waals surface area contributed by atoms with E-state index < -0.39 is 0 Å². The quantitative estimate of drug-likeness (QED) is 0.902. The van der Waals surface area contributed by atoms with Crippen LogP contribution in [0.5, 0.6) is 5.75 Å². The van der Waals surface area contributed by atoms with Gasteiger partial charge < -0.3 is 10.1 Å². The molecule has 0 spiro atoms. The lowest BCUT2D eigenvalue weighted by atomic mass is 10.0. The number of hydrogen-bond donors (Lipinski definition) is 1. The molecule has 0 aliphatic heterocycles. The number of carbonyl (C=O) groups is 1. The maximum Gasteiger partial charge on any atom is 0.224 e. The van der Waals surface area contributed by atoms with Crippen LogP contribution in [0.3, 0.4) is 0 Å². The Hall–Kier alpha value is -2.00. The average molecular weight is 318 g/mol. The molecular weight excluding hydrogens is 298 g/mol. The fraction of sp³-hybridized carbons (Fsp3) is 0.278. The van der Waals surface area contributed by atoms with Gasteiger partial charge in [0.1, 0.15) is 5.75 Å². The maximum atomic E-state index is 12.2. The average Bonchev–Trinajstić information content (AvgIpc) is 2.49. The van der Waals surface area contributed by atoms with Crippen molar-refractivity contribution in [3.63, 3.8) is 0 Å². The normalized spacial score (nSPS) is 11.8. The van der Waals surface area contributed by atoms with Crippen LogP contribution in [0.1, 0.15) is 29.7 Å². The Morgan fingerprint density at radius 2 is 2.00 bits per heavy atom. The summed E-state index contributed by atoms with van der Waals surface area (Å²) < 4.78 is 5.37.